The van der Waals surface area contributed by atoms with Crippen molar-refractivity contribution in [2.75, 3.05) is 14.2 Å². The summed E-state index contributed by atoms with van der Waals surface area (Å²) in [6.07, 6.45) is 0.717. The Morgan fingerprint density at radius 1 is 1.11 bits per heavy atom. The molecular formula is C21H23N3O3. The number of carbonyl (C=O) groups excluding carboxylic acids is 1. The second kappa shape index (κ2) is 8.49. The first-order valence-electron chi connectivity index (χ1n) is 8.82. The summed E-state index contributed by atoms with van der Waals surface area (Å²) >= 11 is 0. The topological polar surface area (TPSA) is 68.5 Å². The molecule has 27 heavy (non-hydrogen) atoms. The molecule has 0 N–H and O–H groups in total. The molecule has 0 atom stereocenters. The molecule has 0 radical (unpaired) electrons. The van der Waals surface area contributed by atoms with E-state index >= 15 is 0 Å². The van der Waals surface area contributed by atoms with Gasteiger partial charge in [0, 0.05) is 37.6 Å². The van der Waals surface area contributed by atoms with Gasteiger partial charge in [0.1, 0.15) is 5.75 Å². The molecule has 3 aromatic rings. The number of aryl methyl sites for hydroxylation is 2. The third kappa shape index (κ3) is 4.73. The molecule has 0 aliphatic rings. The second-order valence-electron chi connectivity index (χ2n) is 6.43. The molecule has 2 aromatic carbocycles. The Morgan fingerprint density at radius 2 is 1.85 bits per heavy atom. The number of hydrogen-bond acceptors (Lipinski definition) is 5. The lowest BCUT2D eigenvalue weighted by molar-refractivity contribution is -0.130. The van der Waals surface area contributed by atoms with Gasteiger partial charge in [0.05, 0.1) is 7.11 Å². The number of methoxy groups -OCH3 is 1. The van der Waals surface area contributed by atoms with E-state index in [1.807, 2.05) is 55.5 Å². The van der Waals surface area contributed by atoms with Gasteiger partial charge in [0.25, 0.3) is 0 Å². The normalized spacial score (nSPS) is 10.6. The number of amides is 1. The summed E-state index contributed by atoms with van der Waals surface area (Å²) in [6, 6.07) is 15.6. The third-order valence-electron chi connectivity index (χ3n) is 4.34. The number of rotatable bonds is 7. The molecule has 3 rings (SSSR count). The molecule has 6 heteroatoms. The third-order valence-corrected chi connectivity index (χ3v) is 4.34. The van der Waals surface area contributed by atoms with E-state index < -0.39 is 0 Å². The molecule has 1 amide bonds. The van der Waals surface area contributed by atoms with Gasteiger partial charge in [-0.15, -0.1) is 10.2 Å². The van der Waals surface area contributed by atoms with E-state index in [9.17, 15) is 4.79 Å². The number of nitrogens with zero attached hydrogens (tertiary/aromatic N) is 3. The smallest absolute Gasteiger partial charge is 0.247 e. The molecule has 0 saturated carbocycles. The van der Waals surface area contributed by atoms with Gasteiger partial charge in [-0.3, -0.25) is 4.79 Å². The van der Waals surface area contributed by atoms with E-state index in [2.05, 4.69) is 10.2 Å². The maximum atomic E-state index is 12.4. The van der Waals surface area contributed by atoms with Gasteiger partial charge in [-0.05, 0) is 25.1 Å². The minimum absolute atomic E-state index is 0.0102. The predicted molar refractivity (Wildman–Crippen MR) is 102 cm³/mol. The molecule has 0 fully saturated rings. The highest BCUT2D eigenvalue weighted by atomic mass is 16.5. The average Bonchev–Trinajstić information content (AvgIpc) is 3.16. The van der Waals surface area contributed by atoms with Crippen LogP contribution in [-0.4, -0.2) is 35.2 Å². The van der Waals surface area contributed by atoms with Crippen LogP contribution in [0.1, 0.15) is 23.4 Å². The molecule has 0 aliphatic heterocycles. The van der Waals surface area contributed by atoms with Gasteiger partial charge in [-0.2, -0.15) is 0 Å². The van der Waals surface area contributed by atoms with Crippen LogP contribution in [0.2, 0.25) is 0 Å². The molecule has 0 unspecified atom stereocenters. The van der Waals surface area contributed by atoms with Crippen molar-refractivity contribution in [2.24, 2.45) is 0 Å². The van der Waals surface area contributed by atoms with E-state index in [4.69, 9.17) is 9.15 Å². The monoisotopic (exact) mass is 365 g/mol. The van der Waals surface area contributed by atoms with Crippen LogP contribution in [0.5, 0.6) is 5.75 Å². The Kier molecular flexibility index (Phi) is 5.86. The molecule has 140 valence electrons. The highest BCUT2D eigenvalue weighted by Gasteiger charge is 2.14. The summed E-state index contributed by atoms with van der Waals surface area (Å²) < 4.78 is 11.0. The summed E-state index contributed by atoms with van der Waals surface area (Å²) in [7, 11) is 3.40. The minimum Gasteiger partial charge on any atom is -0.496 e. The van der Waals surface area contributed by atoms with E-state index in [0.717, 1.165) is 16.9 Å². The SMILES string of the molecule is COc1ccccc1CN(C)C(=O)CCc1nnc(-c2ccc(C)cc2)o1. The van der Waals surface area contributed by atoms with E-state index in [0.29, 0.717) is 31.2 Å². The molecule has 0 aliphatic carbocycles. The molecule has 6 nitrogen and oxygen atoms in total. The number of ether oxygens (including phenoxy) is 1. The van der Waals surface area contributed by atoms with Crippen LogP contribution in [-0.2, 0) is 17.8 Å². The molecular weight excluding hydrogens is 342 g/mol. The summed E-state index contributed by atoms with van der Waals surface area (Å²) in [5, 5.41) is 8.12. The largest absolute Gasteiger partial charge is 0.496 e. The Morgan fingerprint density at radius 3 is 2.59 bits per heavy atom. The zero-order valence-corrected chi connectivity index (χ0v) is 15.8. The zero-order valence-electron chi connectivity index (χ0n) is 15.8. The molecule has 0 saturated heterocycles. The van der Waals surface area contributed by atoms with Crippen LogP contribution in [0.25, 0.3) is 11.5 Å². The fourth-order valence-corrected chi connectivity index (χ4v) is 2.75. The van der Waals surface area contributed by atoms with Crippen molar-refractivity contribution < 1.29 is 13.9 Å². The summed E-state index contributed by atoms with van der Waals surface area (Å²) in [4.78, 5) is 14.1. The van der Waals surface area contributed by atoms with Gasteiger partial charge >= 0.3 is 0 Å². The molecule has 1 aromatic heterocycles. The molecule has 0 bridgehead atoms. The maximum Gasteiger partial charge on any atom is 0.247 e. The first-order valence-corrected chi connectivity index (χ1v) is 8.82. The van der Waals surface area contributed by atoms with Crippen molar-refractivity contribution in [3.05, 3.63) is 65.5 Å². The summed E-state index contributed by atoms with van der Waals surface area (Å²) in [5.41, 5.74) is 3.01. The zero-order chi connectivity index (χ0) is 19.2. The van der Waals surface area contributed by atoms with Gasteiger partial charge < -0.3 is 14.1 Å². The first-order chi connectivity index (χ1) is 13.1. The molecule has 0 spiro atoms. The van der Waals surface area contributed by atoms with Crippen molar-refractivity contribution in [2.45, 2.75) is 26.3 Å². The van der Waals surface area contributed by atoms with E-state index in [-0.39, 0.29) is 5.91 Å². The van der Waals surface area contributed by atoms with Crippen LogP contribution in [0.3, 0.4) is 0 Å². The van der Waals surface area contributed by atoms with E-state index in [1.54, 1.807) is 19.1 Å². The first kappa shape index (κ1) is 18.6. The standard InChI is InChI=1S/C21H23N3O3/c1-15-8-10-16(11-9-15)21-23-22-19(27-21)12-13-20(25)24(2)14-17-6-4-5-7-18(17)26-3/h4-11H,12-14H2,1-3H3. The summed E-state index contributed by atoms with van der Waals surface area (Å²) in [6.45, 7) is 2.51. The van der Waals surface area contributed by atoms with Crippen molar-refractivity contribution in [1.29, 1.82) is 0 Å². The fourth-order valence-electron chi connectivity index (χ4n) is 2.75. The van der Waals surface area contributed by atoms with Crippen molar-refractivity contribution in [1.82, 2.24) is 15.1 Å². The lowest BCUT2D eigenvalue weighted by Crippen LogP contribution is -2.26. The summed E-state index contributed by atoms with van der Waals surface area (Å²) in [5.74, 6) is 1.72. The Bertz CT molecular complexity index is 903. The van der Waals surface area contributed by atoms with Crippen molar-refractivity contribution >= 4 is 5.91 Å². The lowest BCUT2D eigenvalue weighted by atomic mass is 10.1. The highest BCUT2D eigenvalue weighted by molar-refractivity contribution is 5.76. The Labute approximate surface area is 158 Å². The second-order valence-corrected chi connectivity index (χ2v) is 6.43. The van der Waals surface area contributed by atoms with Crippen LogP contribution in [0, 0.1) is 6.92 Å². The van der Waals surface area contributed by atoms with Gasteiger partial charge in [0.2, 0.25) is 17.7 Å². The average molecular weight is 365 g/mol. The van der Waals surface area contributed by atoms with Crippen LogP contribution in [0.15, 0.2) is 52.9 Å². The number of aromatic nitrogens is 2. The lowest BCUT2D eigenvalue weighted by Gasteiger charge is -2.18. The Balaban J connectivity index is 1.56. The van der Waals surface area contributed by atoms with Crippen LogP contribution in [0.4, 0.5) is 0 Å². The predicted octanol–water partition coefficient (Wildman–Crippen LogP) is 3.64. The van der Waals surface area contributed by atoms with E-state index in [1.165, 1.54) is 5.56 Å². The van der Waals surface area contributed by atoms with Crippen molar-refractivity contribution in [3.63, 3.8) is 0 Å². The quantitative estimate of drug-likeness (QED) is 0.639. The highest BCUT2D eigenvalue weighted by Crippen LogP contribution is 2.20. The van der Waals surface area contributed by atoms with Gasteiger partial charge in [-0.25, -0.2) is 0 Å². The van der Waals surface area contributed by atoms with Gasteiger partial charge in [0.15, 0.2) is 0 Å². The van der Waals surface area contributed by atoms with Crippen LogP contribution >= 0.6 is 0 Å². The number of hydrogen-bond donors (Lipinski definition) is 0. The van der Waals surface area contributed by atoms with Crippen LogP contribution < -0.4 is 4.74 Å². The fraction of sp³-hybridized carbons (Fsp3) is 0.286. The Hall–Kier alpha value is -3.15. The maximum absolute atomic E-state index is 12.4. The van der Waals surface area contributed by atoms with Gasteiger partial charge in [-0.1, -0.05) is 35.9 Å². The van der Waals surface area contributed by atoms with Crippen molar-refractivity contribution in [3.8, 4) is 17.2 Å². The number of para-hydroxylation sites is 1. The number of carbonyl (C=O) groups is 1. The number of benzene rings is 2. The minimum atomic E-state index is 0.0102. The molecule has 1 heterocycles.